The molecule has 0 unspecified atom stereocenters. The number of nitrogens with zero attached hydrogens (tertiary/aromatic N) is 2. The van der Waals surface area contributed by atoms with E-state index >= 15 is 0 Å². The Morgan fingerprint density at radius 3 is 1.92 bits per heavy atom. The number of carbonyl (C=O) groups is 1. The summed E-state index contributed by atoms with van der Waals surface area (Å²) >= 11 is 0. The molecule has 0 radical (unpaired) electrons. The van der Waals surface area contributed by atoms with Crippen molar-refractivity contribution in [3.8, 4) is 17.3 Å². The summed E-state index contributed by atoms with van der Waals surface area (Å²) < 4.78 is 2.70. The Bertz CT molecular complexity index is 909. The number of Topliss-reactive ketones (excluding diaryl/α,β-unsaturated/α-hetero) is 1. The molecule has 1 N–H and O–H groups in total. The molecule has 24 heavy (non-hydrogen) atoms. The van der Waals surface area contributed by atoms with Gasteiger partial charge in [-0.3, -0.25) is 9.59 Å². The Morgan fingerprint density at radius 1 is 0.917 bits per heavy atom. The maximum Gasteiger partial charge on any atom is 0.286 e. The third-order valence-electron chi connectivity index (χ3n) is 3.79. The third-order valence-corrected chi connectivity index (χ3v) is 3.79. The lowest BCUT2D eigenvalue weighted by atomic mass is 10.1. The number of benzene rings is 2. The molecular formula is C19H18N2O3. The van der Waals surface area contributed by atoms with Crippen molar-refractivity contribution in [2.45, 2.75) is 19.8 Å². The summed E-state index contributed by atoms with van der Waals surface area (Å²) in [6.07, 6.45) is 0.829. The Hall–Kier alpha value is -3.08. The second-order valence-corrected chi connectivity index (χ2v) is 5.47. The van der Waals surface area contributed by atoms with E-state index in [1.165, 1.54) is 9.36 Å². The first-order chi connectivity index (χ1) is 11.6. The SMILES string of the molecule is CCCC(=O)c1c(O)n(-c2ccccc2)n(-c2ccccc2)c1=O. The highest BCUT2D eigenvalue weighted by Gasteiger charge is 2.26. The Balaban J connectivity index is 2.33. The fourth-order valence-electron chi connectivity index (χ4n) is 2.70. The smallest absolute Gasteiger partial charge is 0.286 e. The molecule has 0 aliphatic rings. The normalized spacial score (nSPS) is 10.7. The van der Waals surface area contributed by atoms with E-state index in [4.69, 9.17) is 0 Å². The second-order valence-electron chi connectivity index (χ2n) is 5.47. The quantitative estimate of drug-likeness (QED) is 0.733. The first kappa shape index (κ1) is 15.8. The standard InChI is InChI=1S/C19H18N2O3/c1-2-9-16(22)17-18(23)20(14-10-5-3-6-11-14)21(19(17)24)15-12-7-4-8-13-15/h3-8,10-13,23H,2,9H2,1H3. The molecule has 5 nitrogen and oxygen atoms in total. The molecular weight excluding hydrogens is 304 g/mol. The number of para-hydroxylation sites is 2. The zero-order chi connectivity index (χ0) is 17.1. The molecule has 2 aromatic carbocycles. The van der Waals surface area contributed by atoms with E-state index in [1.807, 2.05) is 31.2 Å². The second kappa shape index (κ2) is 6.58. The van der Waals surface area contributed by atoms with Gasteiger partial charge < -0.3 is 5.11 Å². The molecule has 0 atom stereocenters. The van der Waals surface area contributed by atoms with Crippen molar-refractivity contribution in [3.63, 3.8) is 0 Å². The summed E-state index contributed by atoms with van der Waals surface area (Å²) in [6, 6.07) is 18.0. The van der Waals surface area contributed by atoms with E-state index in [2.05, 4.69) is 0 Å². The van der Waals surface area contributed by atoms with Crippen molar-refractivity contribution in [2.24, 2.45) is 0 Å². The van der Waals surface area contributed by atoms with Crippen LogP contribution in [0.2, 0.25) is 0 Å². The van der Waals surface area contributed by atoms with Gasteiger partial charge in [-0.05, 0) is 30.7 Å². The van der Waals surface area contributed by atoms with Gasteiger partial charge in [0.05, 0.1) is 11.4 Å². The molecule has 3 rings (SSSR count). The van der Waals surface area contributed by atoms with Crippen LogP contribution in [0.3, 0.4) is 0 Å². The molecule has 0 aliphatic heterocycles. The maximum atomic E-state index is 12.9. The van der Waals surface area contributed by atoms with E-state index in [9.17, 15) is 14.7 Å². The fraction of sp³-hybridized carbons (Fsp3) is 0.158. The largest absolute Gasteiger partial charge is 0.493 e. The van der Waals surface area contributed by atoms with Crippen LogP contribution in [0.1, 0.15) is 30.1 Å². The summed E-state index contributed by atoms with van der Waals surface area (Å²) in [4.78, 5) is 25.2. The summed E-state index contributed by atoms with van der Waals surface area (Å²) in [5, 5.41) is 10.6. The fourth-order valence-corrected chi connectivity index (χ4v) is 2.70. The highest BCUT2D eigenvalue weighted by atomic mass is 16.3. The van der Waals surface area contributed by atoms with Crippen LogP contribution in [0, 0.1) is 0 Å². The van der Waals surface area contributed by atoms with E-state index in [0.717, 1.165) is 0 Å². The van der Waals surface area contributed by atoms with Crippen molar-refractivity contribution in [1.29, 1.82) is 0 Å². The molecule has 0 saturated carbocycles. The van der Waals surface area contributed by atoms with Gasteiger partial charge in [-0.25, -0.2) is 9.36 Å². The minimum absolute atomic E-state index is 0.162. The van der Waals surface area contributed by atoms with Crippen LogP contribution in [-0.4, -0.2) is 20.3 Å². The van der Waals surface area contributed by atoms with Gasteiger partial charge in [-0.15, -0.1) is 0 Å². The summed E-state index contributed by atoms with van der Waals surface area (Å²) in [5.41, 5.74) is 0.509. The van der Waals surface area contributed by atoms with Gasteiger partial charge in [0.2, 0.25) is 5.88 Å². The van der Waals surface area contributed by atoms with E-state index < -0.39 is 5.56 Å². The molecule has 0 amide bonds. The average Bonchev–Trinajstić information content (AvgIpc) is 2.87. The van der Waals surface area contributed by atoms with Crippen molar-refractivity contribution in [3.05, 3.63) is 76.6 Å². The zero-order valence-corrected chi connectivity index (χ0v) is 13.3. The highest BCUT2D eigenvalue weighted by molar-refractivity contribution is 5.98. The molecule has 0 aliphatic carbocycles. The van der Waals surface area contributed by atoms with Crippen LogP contribution in [0.15, 0.2) is 65.5 Å². The third kappa shape index (κ3) is 2.65. The molecule has 0 bridgehead atoms. The molecule has 0 saturated heterocycles. The van der Waals surface area contributed by atoms with Crippen molar-refractivity contribution in [1.82, 2.24) is 9.36 Å². The Morgan fingerprint density at radius 2 is 1.42 bits per heavy atom. The van der Waals surface area contributed by atoms with Crippen LogP contribution >= 0.6 is 0 Å². The summed E-state index contributed by atoms with van der Waals surface area (Å²) in [5.74, 6) is -0.673. The first-order valence-corrected chi connectivity index (χ1v) is 7.86. The van der Waals surface area contributed by atoms with E-state index in [-0.39, 0.29) is 23.6 Å². The molecule has 1 heterocycles. The lowest BCUT2D eigenvalue weighted by Gasteiger charge is -2.12. The van der Waals surface area contributed by atoms with E-state index in [0.29, 0.717) is 17.8 Å². The van der Waals surface area contributed by atoms with Crippen molar-refractivity contribution >= 4 is 5.78 Å². The number of hydrogen-bond acceptors (Lipinski definition) is 3. The van der Waals surface area contributed by atoms with Crippen molar-refractivity contribution < 1.29 is 9.90 Å². The number of carbonyl (C=O) groups excluding carboxylic acids is 1. The highest BCUT2D eigenvalue weighted by Crippen LogP contribution is 2.24. The maximum absolute atomic E-state index is 12.9. The average molecular weight is 322 g/mol. The molecule has 1 aromatic heterocycles. The van der Waals surface area contributed by atoms with Gasteiger partial charge in [0, 0.05) is 6.42 Å². The van der Waals surface area contributed by atoms with Gasteiger partial charge in [-0.2, -0.15) is 0 Å². The topological polar surface area (TPSA) is 64.2 Å². The molecule has 0 fully saturated rings. The van der Waals surface area contributed by atoms with Gasteiger partial charge in [-0.1, -0.05) is 43.3 Å². The monoisotopic (exact) mass is 322 g/mol. The van der Waals surface area contributed by atoms with Gasteiger partial charge in [0.1, 0.15) is 5.56 Å². The molecule has 122 valence electrons. The lowest BCUT2D eigenvalue weighted by molar-refractivity contribution is 0.0978. The Kier molecular flexibility index (Phi) is 4.33. The van der Waals surface area contributed by atoms with Gasteiger partial charge in [0.15, 0.2) is 5.78 Å². The number of rotatable bonds is 5. The summed E-state index contributed by atoms with van der Waals surface area (Å²) in [6.45, 7) is 1.86. The lowest BCUT2D eigenvalue weighted by Crippen LogP contribution is -2.23. The van der Waals surface area contributed by atoms with E-state index in [1.54, 1.807) is 36.4 Å². The molecule has 3 aromatic rings. The first-order valence-electron chi connectivity index (χ1n) is 7.86. The Labute approximate surface area is 139 Å². The molecule has 0 spiro atoms. The van der Waals surface area contributed by atoms with Crippen LogP contribution in [0.4, 0.5) is 0 Å². The van der Waals surface area contributed by atoms with Crippen molar-refractivity contribution in [2.75, 3.05) is 0 Å². The predicted molar refractivity (Wildman–Crippen MR) is 92.3 cm³/mol. The van der Waals surface area contributed by atoms with Crippen LogP contribution in [-0.2, 0) is 0 Å². The van der Waals surface area contributed by atoms with Crippen LogP contribution in [0.25, 0.3) is 11.4 Å². The minimum atomic E-state index is -0.513. The predicted octanol–water partition coefficient (Wildman–Crippen LogP) is 3.32. The van der Waals surface area contributed by atoms with Gasteiger partial charge >= 0.3 is 0 Å². The number of aromatic nitrogens is 2. The van der Waals surface area contributed by atoms with Gasteiger partial charge in [0.25, 0.3) is 5.56 Å². The summed E-state index contributed by atoms with van der Waals surface area (Å²) in [7, 11) is 0. The minimum Gasteiger partial charge on any atom is -0.493 e. The number of aromatic hydroxyl groups is 1. The number of hydrogen-bond donors (Lipinski definition) is 1. The number of ketones is 1. The van der Waals surface area contributed by atoms with Crippen LogP contribution < -0.4 is 5.56 Å². The molecule has 5 heteroatoms. The van der Waals surface area contributed by atoms with Crippen LogP contribution in [0.5, 0.6) is 5.88 Å². The zero-order valence-electron chi connectivity index (χ0n) is 13.3.